The molecule has 0 amide bonds. The first kappa shape index (κ1) is 9.49. The van der Waals surface area contributed by atoms with E-state index in [0.29, 0.717) is 0 Å². The lowest BCUT2D eigenvalue weighted by molar-refractivity contribution is 1.67. The van der Waals surface area contributed by atoms with E-state index in [1.54, 1.807) is 11.3 Å². The molecule has 0 aliphatic rings. The summed E-state index contributed by atoms with van der Waals surface area (Å²) in [5.74, 6) is 0. The molecule has 1 aromatic heterocycles. The monoisotopic (exact) mass is 223 g/mol. The van der Waals surface area contributed by atoms with E-state index in [4.69, 9.17) is 0 Å². The summed E-state index contributed by atoms with van der Waals surface area (Å²) >= 11 is 1.79. The second-order valence-electron chi connectivity index (χ2n) is 3.70. The third-order valence-corrected chi connectivity index (χ3v) is 3.57. The highest BCUT2D eigenvalue weighted by Gasteiger charge is 2.08. The molecule has 3 aromatic rings. The van der Waals surface area contributed by atoms with E-state index in [-0.39, 0.29) is 0 Å². The predicted molar refractivity (Wildman–Crippen MR) is 71.7 cm³/mol. The van der Waals surface area contributed by atoms with E-state index in [9.17, 15) is 0 Å². The lowest BCUT2D eigenvalue weighted by atomic mass is 10.0. The van der Waals surface area contributed by atoms with Gasteiger partial charge in [-0.05, 0) is 17.2 Å². The third kappa shape index (κ3) is 1.59. The second-order valence-corrected chi connectivity index (χ2v) is 4.64. The average Bonchev–Trinajstić information content (AvgIpc) is 2.39. The molecule has 76 valence electrons. The maximum atomic E-state index is 2.20. The number of hydrogen-bond acceptors (Lipinski definition) is 0. The first-order valence-corrected chi connectivity index (χ1v) is 6.18. The Bertz CT molecular complexity index is 609. The van der Waals surface area contributed by atoms with Crippen molar-refractivity contribution < 1.29 is 0 Å². The van der Waals surface area contributed by atoms with E-state index < -0.39 is 0 Å². The minimum atomic E-state index is 1.28. The number of rotatable bonds is 1. The van der Waals surface area contributed by atoms with Crippen LogP contribution in [0.1, 0.15) is 0 Å². The molecule has 0 N–H and O–H groups in total. The van der Waals surface area contributed by atoms with Crippen LogP contribution in [0.5, 0.6) is 0 Å². The van der Waals surface area contributed by atoms with Crippen LogP contribution in [0.3, 0.4) is 0 Å². The average molecular weight is 223 g/mol. The van der Waals surface area contributed by atoms with Gasteiger partial charge in [-0.25, -0.2) is 0 Å². The van der Waals surface area contributed by atoms with Crippen molar-refractivity contribution in [2.75, 3.05) is 0 Å². The van der Waals surface area contributed by atoms with Gasteiger partial charge in [-0.1, -0.05) is 42.5 Å². The van der Waals surface area contributed by atoms with Gasteiger partial charge in [0, 0.05) is 17.5 Å². The smallest absolute Gasteiger partial charge is 0.0622 e. The Morgan fingerprint density at radius 1 is 0.688 bits per heavy atom. The van der Waals surface area contributed by atoms with Gasteiger partial charge >= 0.3 is 0 Å². The van der Waals surface area contributed by atoms with Gasteiger partial charge < -0.3 is 0 Å². The highest BCUT2D eigenvalue weighted by molar-refractivity contribution is 7.16. The summed E-state index contributed by atoms with van der Waals surface area (Å²) in [7, 11) is 0. The maximum absolute atomic E-state index is 2.20. The van der Waals surface area contributed by atoms with Crippen LogP contribution in [-0.4, -0.2) is 0 Å². The van der Waals surface area contributed by atoms with Crippen LogP contribution in [0, 0.1) is 0 Å². The SMILES string of the molecule is c1ccc(-c2cc[s+]c3ccccc23)cc1. The Balaban J connectivity index is 2.32. The van der Waals surface area contributed by atoms with Crippen LogP contribution in [-0.2, 0) is 0 Å². The van der Waals surface area contributed by atoms with E-state index in [0.717, 1.165) is 0 Å². The summed E-state index contributed by atoms with van der Waals surface area (Å²) in [6, 6.07) is 21.3. The highest BCUT2D eigenvalue weighted by atomic mass is 32.1. The van der Waals surface area contributed by atoms with Gasteiger partial charge in [0.15, 0.2) is 5.38 Å². The van der Waals surface area contributed by atoms with Crippen molar-refractivity contribution >= 4 is 21.4 Å². The van der Waals surface area contributed by atoms with Gasteiger partial charge in [-0.3, -0.25) is 0 Å². The van der Waals surface area contributed by atoms with Crippen molar-refractivity contribution in [3.8, 4) is 11.1 Å². The summed E-state index contributed by atoms with van der Waals surface area (Å²) in [5, 5.41) is 3.49. The zero-order valence-electron chi connectivity index (χ0n) is 8.76. The molecule has 0 saturated heterocycles. The van der Waals surface area contributed by atoms with E-state index >= 15 is 0 Å². The molecule has 0 aliphatic heterocycles. The first-order valence-electron chi connectivity index (χ1n) is 5.30. The number of fused-ring (bicyclic) bond motifs is 1. The van der Waals surface area contributed by atoms with Crippen LogP contribution in [0.4, 0.5) is 0 Å². The summed E-state index contributed by atoms with van der Waals surface area (Å²) in [4.78, 5) is 0. The Hall–Kier alpha value is -1.73. The molecule has 16 heavy (non-hydrogen) atoms. The molecule has 0 nitrogen and oxygen atoms in total. The van der Waals surface area contributed by atoms with E-state index in [2.05, 4.69) is 66.0 Å². The lowest BCUT2D eigenvalue weighted by Gasteiger charge is -2.01. The molecule has 0 spiro atoms. The largest absolute Gasteiger partial charge is 0.238 e. The molecule has 0 radical (unpaired) electrons. The third-order valence-electron chi connectivity index (χ3n) is 2.69. The molecule has 0 bridgehead atoms. The van der Waals surface area contributed by atoms with Crippen LogP contribution >= 0.6 is 11.3 Å². The molecule has 0 atom stereocenters. The molecular weight excluding hydrogens is 212 g/mol. The zero-order valence-corrected chi connectivity index (χ0v) is 9.58. The predicted octanol–water partition coefficient (Wildman–Crippen LogP) is 4.85. The first-order chi connectivity index (χ1) is 7.95. The molecule has 3 rings (SSSR count). The van der Waals surface area contributed by atoms with Crippen molar-refractivity contribution in [3.63, 3.8) is 0 Å². The van der Waals surface area contributed by atoms with Crippen LogP contribution in [0.25, 0.3) is 21.2 Å². The quantitative estimate of drug-likeness (QED) is 0.517. The molecule has 1 heterocycles. The second kappa shape index (κ2) is 4.03. The number of benzene rings is 2. The molecule has 0 fully saturated rings. The summed E-state index contributed by atoms with van der Waals surface area (Å²) in [5.41, 5.74) is 2.60. The summed E-state index contributed by atoms with van der Waals surface area (Å²) in [6.07, 6.45) is 0. The maximum Gasteiger partial charge on any atom is 0.238 e. The Morgan fingerprint density at radius 3 is 2.31 bits per heavy atom. The minimum absolute atomic E-state index is 1.28. The highest BCUT2D eigenvalue weighted by Crippen LogP contribution is 2.30. The minimum Gasteiger partial charge on any atom is -0.0622 e. The Kier molecular flexibility index (Phi) is 2.39. The normalized spacial score (nSPS) is 10.5. The van der Waals surface area contributed by atoms with Crippen molar-refractivity contribution in [1.29, 1.82) is 0 Å². The van der Waals surface area contributed by atoms with Gasteiger partial charge in [0.1, 0.15) is 0 Å². The van der Waals surface area contributed by atoms with Gasteiger partial charge in [-0.2, -0.15) is 0 Å². The van der Waals surface area contributed by atoms with Crippen LogP contribution < -0.4 is 0 Å². The standard InChI is InChI=1S/C15H11S/c1-2-6-12(7-3-1)13-10-11-16-15-9-5-4-8-14(13)15/h1-11H/q+1. The molecule has 0 saturated carbocycles. The van der Waals surface area contributed by atoms with Gasteiger partial charge in [0.2, 0.25) is 16.0 Å². The topological polar surface area (TPSA) is 0 Å². The van der Waals surface area contributed by atoms with E-state index in [1.165, 1.54) is 21.2 Å². The fraction of sp³-hybridized carbons (Fsp3) is 0. The van der Waals surface area contributed by atoms with Crippen LogP contribution in [0.15, 0.2) is 66.0 Å². The van der Waals surface area contributed by atoms with Crippen molar-refractivity contribution in [1.82, 2.24) is 0 Å². The zero-order chi connectivity index (χ0) is 10.8. The summed E-state index contributed by atoms with van der Waals surface area (Å²) < 4.78 is 1.34. The molecule has 0 aliphatic carbocycles. The van der Waals surface area contributed by atoms with Gasteiger partial charge in [-0.15, -0.1) is 0 Å². The molecule has 2 aromatic carbocycles. The van der Waals surface area contributed by atoms with Crippen molar-refractivity contribution in [2.24, 2.45) is 0 Å². The van der Waals surface area contributed by atoms with Gasteiger partial charge in [0.25, 0.3) is 0 Å². The molecule has 0 unspecified atom stereocenters. The fourth-order valence-electron chi connectivity index (χ4n) is 1.93. The Morgan fingerprint density at radius 2 is 1.44 bits per heavy atom. The van der Waals surface area contributed by atoms with Crippen molar-refractivity contribution in [3.05, 3.63) is 66.0 Å². The Labute approximate surface area is 98.8 Å². The van der Waals surface area contributed by atoms with E-state index in [1.807, 2.05) is 0 Å². The fourth-order valence-corrected chi connectivity index (χ4v) is 2.74. The van der Waals surface area contributed by atoms with Crippen LogP contribution in [0.2, 0.25) is 0 Å². The van der Waals surface area contributed by atoms with Gasteiger partial charge in [0.05, 0.1) is 0 Å². The molecule has 1 heteroatoms. The lowest BCUT2D eigenvalue weighted by Crippen LogP contribution is -1.78. The van der Waals surface area contributed by atoms with Crippen molar-refractivity contribution in [2.45, 2.75) is 0 Å². The summed E-state index contributed by atoms with van der Waals surface area (Å²) in [6.45, 7) is 0. The molecular formula is C15H11S+. The number of hydrogen-bond donors (Lipinski definition) is 0.